The van der Waals surface area contributed by atoms with Crippen LogP contribution in [-0.2, 0) is 14.9 Å². The second kappa shape index (κ2) is 7.31. The van der Waals surface area contributed by atoms with Crippen LogP contribution < -0.4 is 4.74 Å². The van der Waals surface area contributed by atoms with E-state index in [1.54, 1.807) is 12.3 Å². The molecule has 1 unspecified atom stereocenters. The fourth-order valence-corrected chi connectivity index (χ4v) is 4.60. The van der Waals surface area contributed by atoms with Crippen LogP contribution in [0.4, 0.5) is 0 Å². The van der Waals surface area contributed by atoms with E-state index >= 15 is 0 Å². The highest BCUT2D eigenvalue weighted by Crippen LogP contribution is 2.26. The van der Waals surface area contributed by atoms with E-state index in [2.05, 4.69) is 4.98 Å². The van der Waals surface area contributed by atoms with Gasteiger partial charge < -0.3 is 9.47 Å². The first-order chi connectivity index (χ1) is 11.1. The van der Waals surface area contributed by atoms with Crippen LogP contribution >= 0.6 is 11.6 Å². The maximum Gasteiger partial charge on any atom is 0.282 e. The van der Waals surface area contributed by atoms with Crippen molar-refractivity contribution in [2.45, 2.75) is 18.9 Å². The van der Waals surface area contributed by atoms with Crippen LogP contribution in [0.5, 0.6) is 5.75 Å². The minimum Gasteiger partial charge on any atom is -0.487 e. The van der Waals surface area contributed by atoms with E-state index in [0.29, 0.717) is 50.2 Å². The summed E-state index contributed by atoms with van der Waals surface area (Å²) in [5, 5.41) is 0.431. The summed E-state index contributed by atoms with van der Waals surface area (Å²) in [6.07, 6.45) is 4.47. The molecule has 1 atom stereocenters. The van der Waals surface area contributed by atoms with E-state index in [1.165, 1.54) is 14.8 Å². The highest BCUT2D eigenvalue weighted by atomic mass is 35.5. The van der Waals surface area contributed by atoms with E-state index in [-0.39, 0.29) is 6.10 Å². The minimum atomic E-state index is -3.46. The molecule has 0 amide bonds. The Morgan fingerprint density at radius 3 is 2.78 bits per heavy atom. The molecule has 1 aromatic rings. The third-order valence-corrected chi connectivity index (χ3v) is 6.28. The second-order valence-electron chi connectivity index (χ2n) is 5.57. The molecule has 0 saturated carbocycles. The molecular formula is C14H20ClN3O4S. The number of aromatic nitrogens is 1. The molecule has 2 fully saturated rings. The fourth-order valence-electron chi connectivity index (χ4n) is 2.79. The van der Waals surface area contributed by atoms with Gasteiger partial charge in [-0.15, -0.1) is 0 Å². The molecule has 0 aromatic carbocycles. The Morgan fingerprint density at radius 2 is 2.04 bits per heavy atom. The van der Waals surface area contributed by atoms with Gasteiger partial charge in [-0.25, -0.2) is 0 Å². The molecular weight excluding hydrogens is 342 g/mol. The van der Waals surface area contributed by atoms with Crippen molar-refractivity contribution >= 4 is 21.8 Å². The van der Waals surface area contributed by atoms with E-state index < -0.39 is 10.2 Å². The van der Waals surface area contributed by atoms with Crippen LogP contribution in [0.1, 0.15) is 12.8 Å². The molecule has 7 nitrogen and oxygen atoms in total. The first-order valence-electron chi connectivity index (χ1n) is 7.66. The lowest BCUT2D eigenvalue weighted by Gasteiger charge is -2.36. The number of piperidine rings is 1. The highest BCUT2D eigenvalue weighted by molar-refractivity contribution is 7.86. The molecule has 1 aromatic heterocycles. The Bertz CT molecular complexity index is 637. The predicted octanol–water partition coefficient (Wildman–Crippen LogP) is 1.16. The number of hydrogen-bond acceptors (Lipinski definition) is 5. The summed E-state index contributed by atoms with van der Waals surface area (Å²) in [4.78, 5) is 3.92. The zero-order valence-electron chi connectivity index (χ0n) is 12.7. The van der Waals surface area contributed by atoms with Gasteiger partial charge in [0.1, 0.15) is 16.9 Å². The van der Waals surface area contributed by atoms with Gasteiger partial charge in [-0.1, -0.05) is 11.6 Å². The number of ether oxygens (including phenoxy) is 2. The summed E-state index contributed by atoms with van der Waals surface area (Å²) in [7, 11) is -3.46. The van der Waals surface area contributed by atoms with Gasteiger partial charge in [-0.05, 0) is 12.8 Å². The predicted molar refractivity (Wildman–Crippen MR) is 85.8 cm³/mol. The average molecular weight is 362 g/mol. The largest absolute Gasteiger partial charge is 0.487 e. The fraction of sp³-hybridized carbons (Fsp3) is 0.643. The lowest BCUT2D eigenvalue weighted by molar-refractivity contribution is 0.0666. The highest BCUT2D eigenvalue weighted by Gasteiger charge is 2.35. The lowest BCUT2D eigenvalue weighted by atomic mass is 10.1. The maximum absolute atomic E-state index is 12.7. The molecule has 0 aliphatic carbocycles. The molecule has 2 saturated heterocycles. The van der Waals surface area contributed by atoms with Gasteiger partial charge in [0.15, 0.2) is 0 Å². The third-order valence-electron chi connectivity index (χ3n) is 3.99. The average Bonchev–Trinajstić information content (AvgIpc) is 2.58. The summed E-state index contributed by atoms with van der Waals surface area (Å²) in [5.41, 5.74) is 0. The van der Waals surface area contributed by atoms with E-state index in [9.17, 15) is 8.42 Å². The van der Waals surface area contributed by atoms with Crippen molar-refractivity contribution in [3.05, 3.63) is 23.5 Å². The number of rotatable bonds is 4. The van der Waals surface area contributed by atoms with Crippen LogP contribution in [-0.4, -0.2) is 67.5 Å². The van der Waals surface area contributed by atoms with Crippen molar-refractivity contribution in [1.29, 1.82) is 0 Å². The molecule has 2 aliphatic heterocycles. The zero-order chi connectivity index (χ0) is 16.3. The summed E-state index contributed by atoms with van der Waals surface area (Å²) >= 11 is 6.05. The molecule has 0 radical (unpaired) electrons. The summed E-state index contributed by atoms with van der Waals surface area (Å²) < 4.78 is 39.5. The van der Waals surface area contributed by atoms with Crippen molar-refractivity contribution in [3.8, 4) is 5.75 Å². The van der Waals surface area contributed by atoms with Crippen molar-refractivity contribution in [1.82, 2.24) is 13.6 Å². The Hall–Kier alpha value is -0.930. The molecule has 3 heterocycles. The smallest absolute Gasteiger partial charge is 0.282 e. The van der Waals surface area contributed by atoms with Crippen LogP contribution in [0.15, 0.2) is 18.5 Å². The Balaban J connectivity index is 1.67. The van der Waals surface area contributed by atoms with E-state index in [4.69, 9.17) is 21.1 Å². The number of halogens is 1. The van der Waals surface area contributed by atoms with Crippen molar-refractivity contribution in [2.24, 2.45) is 0 Å². The SMILES string of the molecule is O=S(=O)(N1CCOCC1)N1CCCC(Oc2ccncc2Cl)C1. The number of pyridine rings is 1. The quantitative estimate of drug-likeness (QED) is 0.804. The van der Waals surface area contributed by atoms with Crippen LogP contribution in [0, 0.1) is 0 Å². The second-order valence-corrected chi connectivity index (χ2v) is 7.90. The van der Waals surface area contributed by atoms with Crippen LogP contribution in [0.25, 0.3) is 0 Å². The summed E-state index contributed by atoms with van der Waals surface area (Å²) in [6.45, 7) is 2.54. The molecule has 0 N–H and O–H groups in total. The normalized spacial score (nSPS) is 24.5. The monoisotopic (exact) mass is 361 g/mol. The molecule has 23 heavy (non-hydrogen) atoms. The summed E-state index contributed by atoms with van der Waals surface area (Å²) in [6, 6.07) is 1.69. The lowest BCUT2D eigenvalue weighted by Crippen LogP contribution is -2.52. The standard InChI is InChI=1S/C14H20ClN3O4S/c15-13-10-16-4-3-14(13)22-12-2-1-5-18(11-12)23(19,20)17-6-8-21-9-7-17/h3-4,10,12H,1-2,5-9,11H2. The van der Waals surface area contributed by atoms with Crippen molar-refractivity contribution < 1.29 is 17.9 Å². The minimum absolute atomic E-state index is 0.209. The molecule has 0 spiro atoms. The molecule has 9 heteroatoms. The van der Waals surface area contributed by atoms with E-state index in [1.807, 2.05) is 0 Å². The summed E-state index contributed by atoms with van der Waals surface area (Å²) in [5.74, 6) is 0.539. The van der Waals surface area contributed by atoms with Gasteiger partial charge in [0.05, 0.1) is 19.8 Å². The van der Waals surface area contributed by atoms with Gasteiger partial charge in [0.2, 0.25) is 0 Å². The first-order valence-corrected chi connectivity index (χ1v) is 9.44. The Labute approximate surface area is 141 Å². The van der Waals surface area contributed by atoms with Gasteiger partial charge in [-0.3, -0.25) is 4.98 Å². The third kappa shape index (κ3) is 3.95. The molecule has 128 valence electrons. The molecule has 0 bridgehead atoms. The first kappa shape index (κ1) is 16.9. The van der Waals surface area contributed by atoms with Gasteiger partial charge >= 0.3 is 0 Å². The van der Waals surface area contributed by atoms with Gasteiger partial charge in [0, 0.05) is 38.1 Å². The van der Waals surface area contributed by atoms with Crippen molar-refractivity contribution in [2.75, 3.05) is 39.4 Å². The van der Waals surface area contributed by atoms with Crippen LogP contribution in [0.2, 0.25) is 5.02 Å². The van der Waals surface area contributed by atoms with Crippen molar-refractivity contribution in [3.63, 3.8) is 0 Å². The number of nitrogens with zero attached hydrogens (tertiary/aromatic N) is 3. The zero-order valence-corrected chi connectivity index (χ0v) is 14.3. The topological polar surface area (TPSA) is 72.0 Å². The van der Waals surface area contributed by atoms with Gasteiger partial charge in [-0.2, -0.15) is 17.0 Å². The number of hydrogen-bond donors (Lipinski definition) is 0. The Kier molecular flexibility index (Phi) is 5.38. The molecule has 3 rings (SSSR count). The van der Waals surface area contributed by atoms with Crippen LogP contribution in [0.3, 0.4) is 0 Å². The van der Waals surface area contributed by atoms with Gasteiger partial charge in [0.25, 0.3) is 10.2 Å². The maximum atomic E-state index is 12.7. The van der Waals surface area contributed by atoms with E-state index in [0.717, 1.165) is 12.8 Å². The number of morpholine rings is 1. The molecule has 2 aliphatic rings. The Morgan fingerprint density at radius 1 is 1.26 bits per heavy atom.